The first-order valence-corrected chi connectivity index (χ1v) is 19.8. The molecule has 0 aliphatic heterocycles. The van der Waals surface area contributed by atoms with Crippen molar-refractivity contribution >= 4 is 49.6 Å². The summed E-state index contributed by atoms with van der Waals surface area (Å²) in [6.07, 6.45) is 0. The van der Waals surface area contributed by atoms with Gasteiger partial charge in [-0.2, -0.15) is 0 Å². The number of aromatic nitrogens is 1. The van der Waals surface area contributed by atoms with E-state index in [-0.39, 0.29) is 5.41 Å². The number of hydrogen-bond donors (Lipinski definition) is 0. The predicted molar refractivity (Wildman–Crippen MR) is 241 cm³/mol. The third-order valence-corrected chi connectivity index (χ3v) is 12.2. The summed E-state index contributed by atoms with van der Waals surface area (Å²) < 4.78 is 2.37. The lowest BCUT2D eigenvalue weighted by molar-refractivity contribution is 0.660. The molecule has 2 nitrogen and oxygen atoms in total. The van der Waals surface area contributed by atoms with Gasteiger partial charge in [0.15, 0.2) is 0 Å². The first-order valence-electron chi connectivity index (χ1n) is 19.8. The first-order chi connectivity index (χ1) is 28.0. The molecule has 0 unspecified atom stereocenters. The zero-order valence-corrected chi connectivity index (χ0v) is 32.0. The second-order valence-electron chi connectivity index (χ2n) is 15.8. The van der Waals surface area contributed by atoms with Gasteiger partial charge in [0, 0.05) is 38.9 Å². The van der Waals surface area contributed by atoms with Gasteiger partial charge in [-0.05, 0) is 128 Å². The van der Waals surface area contributed by atoms with Crippen LogP contribution >= 0.6 is 0 Å². The molecule has 2 heteroatoms. The van der Waals surface area contributed by atoms with E-state index in [0.717, 1.165) is 17.1 Å². The fourth-order valence-electron chi connectivity index (χ4n) is 9.28. The monoisotopic (exact) mass is 728 g/mol. The minimum Gasteiger partial charge on any atom is -0.310 e. The number of anilines is 3. The quantitative estimate of drug-likeness (QED) is 0.165. The normalized spacial score (nSPS) is 12.9. The van der Waals surface area contributed by atoms with Crippen molar-refractivity contribution in [3.8, 4) is 39.1 Å². The highest BCUT2D eigenvalue weighted by atomic mass is 15.1. The average molecular weight is 729 g/mol. The van der Waals surface area contributed by atoms with Crippen molar-refractivity contribution in [1.29, 1.82) is 0 Å². The molecule has 0 bridgehead atoms. The molecule has 1 aliphatic carbocycles. The molecule has 0 amide bonds. The Morgan fingerprint density at radius 3 is 1.84 bits per heavy atom. The van der Waals surface area contributed by atoms with E-state index in [9.17, 15) is 0 Å². The standard InChI is InChI=1S/C55H40N2/c1-55(2)51-21-10-8-19-47(51)48-31-30-46(36-52(48)55)56(45-29-25-37-13-6-7-14-41(37)34-45)44-27-23-38(24-28-44)39-15-12-16-40(33-39)42-26-32-54-50(35-42)49-20-9-11-22-53(49)57(54)43-17-4-3-5-18-43/h3-36H,1-2H3. The van der Waals surface area contributed by atoms with Crippen LogP contribution in [0, 0.1) is 0 Å². The maximum Gasteiger partial charge on any atom is 0.0541 e. The number of hydrogen-bond acceptors (Lipinski definition) is 1. The van der Waals surface area contributed by atoms with Gasteiger partial charge in [-0.25, -0.2) is 0 Å². The molecular formula is C55H40N2. The molecule has 270 valence electrons. The van der Waals surface area contributed by atoms with E-state index < -0.39 is 0 Å². The molecule has 0 saturated carbocycles. The van der Waals surface area contributed by atoms with Crippen molar-refractivity contribution in [3.05, 3.63) is 217 Å². The molecule has 0 N–H and O–H groups in total. The maximum absolute atomic E-state index is 2.41. The van der Waals surface area contributed by atoms with Crippen molar-refractivity contribution in [2.24, 2.45) is 0 Å². The smallest absolute Gasteiger partial charge is 0.0541 e. The number of benzene rings is 9. The second-order valence-corrected chi connectivity index (χ2v) is 15.8. The van der Waals surface area contributed by atoms with Crippen LogP contribution in [0.15, 0.2) is 206 Å². The van der Waals surface area contributed by atoms with Crippen LogP contribution in [-0.4, -0.2) is 4.57 Å². The number of fused-ring (bicyclic) bond motifs is 7. The summed E-state index contributed by atoms with van der Waals surface area (Å²) in [5.74, 6) is 0. The van der Waals surface area contributed by atoms with Crippen LogP contribution in [0.4, 0.5) is 17.1 Å². The number of para-hydroxylation sites is 2. The molecule has 0 fully saturated rings. The fraction of sp³-hybridized carbons (Fsp3) is 0.0545. The molecule has 10 aromatic rings. The van der Waals surface area contributed by atoms with E-state index in [4.69, 9.17) is 0 Å². The Hall–Kier alpha value is -7.16. The Morgan fingerprint density at radius 1 is 0.368 bits per heavy atom. The van der Waals surface area contributed by atoms with Gasteiger partial charge in [0.25, 0.3) is 0 Å². The topological polar surface area (TPSA) is 8.17 Å². The summed E-state index contributed by atoms with van der Waals surface area (Å²) in [6, 6.07) is 75.6. The second kappa shape index (κ2) is 13.0. The van der Waals surface area contributed by atoms with Crippen LogP contribution in [0.5, 0.6) is 0 Å². The molecule has 0 atom stereocenters. The van der Waals surface area contributed by atoms with E-state index in [1.54, 1.807) is 0 Å². The third kappa shape index (κ3) is 5.40. The lowest BCUT2D eigenvalue weighted by atomic mass is 9.82. The molecule has 0 radical (unpaired) electrons. The average Bonchev–Trinajstić information content (AvgIpc) is 3.72. The van der Waals surface area contributed by atoms with Crippen LogP contribution in [0.2, 0.25) is 0 Å². The van der Waals surface area contributed by atoms with Crippen LogP contribution in [0.3, 0.4) is 0 Å². The van der Waals surface area contributed by atoms with Crippen molar-refractivity contribution in [3.63, 3.8) is 0 Å². The lowest BCUT2D eigenvalue weighted by Crippen LogP contribution is -2.16. The van der Waals surface area contributed by atoms with Gasteiger partial charge in [-0.3, -0.25) is 0 Å². The summed E-state index contributed by atoms with van der Waals surface area (Å²) in [5, 5.41) is 4.99. The van der Waals surface area contributed by atoms with E-state index in [1.165, 1.54) is 82.8 Å². The van der Waals surface area contributed by atoms with Gasteiger partial charge in [-0.15, -0.1) is 0 Å². The van der Waals surface area contributed by atoms with Crippen LogP contribution in [0.25, 0.3) is 71.6 Å². The summed E-state index contributed by atoms with van der Waals surface area (Å²) in [6.45, 7) is 4.71. The van der Waals surface area contributed by atoms with E-state index in [2.05, 4.69) is 230 Å². The SMILES string of the molecule is CC1(C)c2ccccc2-c2ccc(N(c3ccc(-c4cccc(-c5ccc6c(c5)c5ccccc5n6-c5ccccc5)c4)cc3)c3ccc4ccccc4c3)cc21. The number of nitrogens with zero attached hydrogens (tertiary/aromatic N) is 2. The molecule has 57 heavy (non-hydrogen) atoms. The first kappa shape index (κ1) is 33.2. The Labute approximate surface area is 333 Å². The van der Waals surface area contributed by atoms with Crippen LogP contribution in [-0.2, 0) is 5.41 Å². The highest BCUT2D eigenvalue weighted by Gasteiger charge is 2.35. The lowest BCUT2D eigenvalue weighted by Gasteiger charge is -2.28. The van der Waals surface area contributed by atoms with E-state index >= 15 is 0 Å². The summed E-state index contributed by atoms with van der Waals surface area (Å²) in [5.41, 5.74) is 17.2. The Balaban J connectivity index is 0.978. The van der Waals surface area contributed by atoms with Crippen molar-refractivity contribution < 1.29 is 0 Å². The highest BCUT2D eigenvalue weighted by molar-refractivity contribution is 6.10. The third-order valence-electron chi connectivity index (χ3n) is 12.2. The van der Waals surface area contributed by atoms with Gasteiger partial charge >= 0.3 is 0 Å². The summed E-state index contributed by atoms with van der Waals surface area (Å²) in [4.78, 5) is 2.41. The van der Waals surface area contributed by atoms with Crippen molar-refractivity contribution in [2.45, 2.75) is 19.3 Å². The molecule has 0 spiro atoms. The van der Waals surface area contributed by atoms with Gasteiger partial charge in [0.05, 0.1) is 11.0 Å². The molecule has 1 heterocycles. The summed E-state index contributed by atoms with van der Waals surface area (Å²) in [7, 11) is 0. The van der Waals surface area contributed by atoms with Gasteiger partial charge in [0.1, 0.15) is 0 Å². The van der Waals surface area contributed by atoms with Crippen LogP contribution in [0.1, 0.15) is 25.0 Å². The minimum atomic E-state index is -0.0879. The molecule has 9 aromatic carbocycles. The maximum atomic E-state index is 2.41. The molecule has 1 aliphatic rings. The van der Waals surface area contributed by atoms with Gasteiger partial charge in [0.2, 0.25) is 0 Å². The summed E-state index contributed by atoms with van der Waals surface area (Å²) >= 11 is 0. The Morgan fingerprint density at radius 2 is 0.982 bits per heavy atom. The zero-order valence-electron chi connectivity index (χ0n) is 32.0. The zero-order chi connectivity index (χ0) is 38.1. The highest BCUT2D eigenvalue weighted by Crippen LogP contribution is 2.51. The molecular weight excluding hydrogens is 689 g/mol. The van der Waals surface area contributed by atoms with Crippen LogP contribution < -0.4 is 4.90 Å². The van der Waals surface area contributed by atoms with Gasteiger partial charge < -0.3 is 9.47 Å². The van der Waals surface area contributed by atoms with Gasteiger partial charge in [-0.1, -0.05) is 147 Å². The fourth-order valence-corrected chi connectivity index (χ4v) is 9.28. The Bertz CT molecular complexity index is 3150. The number of rotatable bonds is 6. The predicted octanol–water partition coefficient (Wildman–Crippen LogP) is 15.0. The van der Waals surface area contributed by atoms with Crippen molar-refractivity contribution in [1.82, 2.24) is 4.57 Å². The Kier molecular flexibility index (Phi) is 7.55. The van der Waals surface area contributed by atoms with E-state index in [1.807, 2.05) is 0 Å². The van der Waals surface area contributed by atoms with E-state index in [0.29, 0.717) is 0 Å². The molecule has 1 aromatic heterocycles. The largest absolute Gasteiger partial charge is 0.310 e. The molecule has 11 rings (SSSR count). The van der Waals surface area contributed by atoms with Crippen molar-refractivity contribution in [2.75, 3.05) is 4.90 Å². The molecule has 0 saturated heterocycles. The minimum absolute atomic E-state index is 0.0879.